The third kappa shape index (κ3) is 4.12. The Balaban J connectivity index is 1.30. The van der Waals surface area contributed by atoms with Gasteiger partial charge in [-0.15, -0.1) is 20.1 Å². The monoisotopic (exact) mass is 477 g/mol. The molecule has 5 rings (SSSR count). The molecule has 0 saturated heterocycles. The first-order valence-corrected chi connectivity index (χ1v) is 10.0. The van der Waals surface area contributed by atoms with Crippen LogP contribution >= 0.6 is 11.3 Å². The minimum absolute atomic E-state index is 0.0956. The summed E-state index contributed by atoms with van der Waals surface area (Å²) in [6.45, 7) is 0. The number of hydrogen-bond acceptors (Lipinski definition) is 11. The van der Waals surface area contributed by atoms with Crippen molar-refractivity contribution < 1.29 is 32.5 Å². The van der Waals surface area contributed by atoms with Crippen molar-refractivity contribution in [3.05, 3.63) is 29.3 Å². The number of carbonyl (C=O) groups is 1. The number of nitrogens with zero attached hydrogens (tertiary/aromatic N) is 4. The van der Waals surface area contributed by atoms with Crippen LogP contribution in [0.2, 0.25) is 0 Å². The SMILES string of the molecule is COc1cc(Nc2nc(C(=O)Nc3nc4cc5c(cc4[nH]3)OC(F)(F)O5)cs2)nc(OC)n1. The van der Waals surface area contributed by atoms with E-state index in [1.807, 2.05) is 0 Å². The van der Waals surface area contributed by atoms with Crippen LogP contribution in [-0.2, 0) is 0 Å². The average molecular weight is 477 g/mol. The second-order valence-electron chi connectivity index (χ2n) is 6.47. The quantitative estimate of drug-likeness (QED) is 0.379. The molecular weight excluding hydrogens is 464 g/mol. The number of amides is 1. The number of nitrogens with one attached hydrogen (secondary N) is 3. The number of aromatic amines is 1. The van der Waals surface area contributed by atoms with Crippen LogP contribution in [-0.4, -0.2) is 51.3 Å². The van der Waals surface area contributed by atoms with E-state index in [4.69, 9.17) is 9.47 Å². The third-order valence-electron chi connectivity index (χ3n) is 4.28. The molecule has 0 unspecified atom stereocenters. The van der Waals surface area contributed by atoms with Crippen molar-refractivity contribution in [1.82, 2.24) is 24.9 Å². The van der Waals surface area contributed by atoms with Gasteiger partial charge < -0.3 is 29.2 Å². The first kappa shape index (κ1) is 20.6. The number of methoxy groups -OCH3 is 2. The number of H-pyrrole nitrogens is 1. The van der Waals surface area contributed by atoms with Crippen LogP contribution in [0.25, 0.3) is 11.0 Å². The number of anilines is 3. The normalized spacial score (nSPS) is 13.7. The van der Waals surface area contributed by atoms with Gasteiger partial charge in [0.05, 0.1) is 25.3 Å². The van der Waals surface area contributed by atoms with E-state index in [0.717, 1.165) is 0 Å². The topological polar surface area (TPSA) is 145 Å². The summed E-state index contributed by atoms with van der Waals surface area (Å²) in [5.41, 5.74) is 0.792. The molecule has 0 fully saturated rings. The van der Waals surface area contributed by atoms with Gasteiger partial charge in [-0.3, -0.25) is 10.1 Å². The summed E-state index contributed by atoms with van der Waals surface area (Å²) in [5, 5.41) is 7.44. The van der Waals surface area contributed by atoms with E-state index in [2.05, 4.69) is 45.0 Å². The number of aromatic nitrogens is 5. The number of alkyl halides is 2. The predicted molar refractivity (Wildman–Crippen MR) is 111 cm³/mol. The van der Waals surface area contributed by atoms with E-state index in [0.29, 0.717) is 22.0 Å². The summed E-state index contributed by atoms with van der Waals surface area (Å²) in [6.07, 6.45) is -3.73. The number of carbonyl (C=O) groups excluding carboxylic acids is 1. The van der Waals surface area contributed by atoms with E-state index >= 15 is 0 Å². The van der Waals surface area contributed by atoms with Crippen LogP contribution in [0.1, 0.15) is 10.5 Å². The Labute approximate surface area is 186 Å². The molecule has 0 bridgehead atoms. The van der Waals surface area contributed by atoms with Gasteiger partial charge in [0.15, 0.2) is 16.6 Å². The van der Waals surface area contributed by atoms with E-state index in [9.17, 15) is 13.6 Å². The van der Waals surface area contributed by atoms with Gasteiger partial charge in [-0.1, -0.05) is 0 Å². The lowest BCUT2D eigenvalue weighted by Crippen LogP contribution is -2.25. The summed E-state index contributed by atoms with van der Waals surface area (Å²) in [4.78, 5) is 31.9. The summed E-state index contributed by atoms with van der Waals surface area (Å²) < 4.78 is 45.3. The third-order valence-corrected chi connectivity index (χ3v) is 5.04. The highest BCUT2D eigenvalue weighted by molar-refractivity contribution is 7.14. The van der Waals surface area contributed by atoms with Crippen molar-refractivity contribution in [2.45, 2.75) is 6.29 Å². The molecule has 3 N–H and O–H groups in total. The van der Waals surface area contributed by atoms with Crippen LogP contribution < -0.4 is 29.6 Å². The van der Waals surface area contributed by atoms with Gasteiger partial charge in [0.1, 0.15) is 11.5 Å². The molecule has 170 valence electrons. The van der Waals surface area contributed by atoms with Crippen molar-refractivity contribution in [1.29, 1.82) is 0 Å². The number of fused-ring (bicyclic) bond motifs is 2. The van der Waals surface area contributed by atoms with Crippen LogP contribution in [0.15, 0.2) is 23.6 Å². The average Bonchev–Trinajstić information content (AvgIpc) is 3.46. The lowest BCUT2D eigenvalue weighted by Gasteiger charge is -2.06. The summed E-state index contributed by atoms with van der Waals surface area (Å²) in [7, 11) is 2.88. The Kier molecular flexibility index (Phi) is 4.81. The van der Waals surface area contributed by atoms with Crippen molar-refractivity contribution >= 4 is 45.2 Å². The Morgan fingerprint density at radius 3 is 2.64 bits per heavy atom. The van der Waals surface area contributed by atoms with Crippen molar-refractivity contribution in [2.75, 3.05) is 24.9 Å². The molecule has 15 heteroatoms. The summed E-state index contributed by atoms with van der Waals surface area (Å²) in [6, 6.07) is 4.23. The highest BCUT2D eigenvalue weighted by atomic mass is 32.1. The van der Waals surface area contributed by atoms with Crippen molar-refractivity contribution in [2.24, 2.45) is 0 Å². The Hall–Kier alpha value is -4.27. The number of benzene rings is 1. The number of thiazole rings is 1. The zero-order valence-electron chi connectivity index (χ0n) is 16.8. The maximum Gasteiger partial charge on any atom is 0.586 e. The van der Waals surface area contributed by atoms with Gasteiger partial charge in [0.25, 0.3) is 5.91 Å². The molecule has 0 radical (unpaired) electrons. The minimum Gasteiger partial charge on any atom is -0.481 e. The van der Waals surface area contributed by atoms with Crippen molar-refractivity contribution in [3.8, 4) is 23.4 Å². The molecule has 4 heterocycles. The maximum atomic E-state index is 13.2. The number of rotatable bonds is 6. The zero-order valence-corrected chi connectivity index (χ0v) is 17.6. The molecule has 0 atom stereocenters. The van der Waals surface area contributed by atoms with Gasteiger partial charge in [0, 0.05) is 23.6 Å². The lowest BCUT2D eigenvalue weighted by atomic mass is 10.3. The molecule has 3 aromatic heterocycles. The predicted octanol–water partition coefficient (Wildman–Crippen LogP) is 3.14. The van der Waals surface area contributed by atoms with Crippen LogP contribution in [0.4, 0.5) is 25.7 Å². The molecule has 1 aliphatic rings. The molecule has 1 aliphatic heterocycles. The fraction of sp³-hybridized carbons (Fsp3) is 0.167. The van der Waals surface area contributed by atoms with E-state index in [1.165, 1.54) is 43.1 Å². The number of halogens is 2. The fourth-order valence-electron chi connectivity index (χ4n) is 2.89. The van der Waals surface area contributed by atoms with Crippen molar-refractivity contribution in [3.63, 3.8) is 0 Å². The van der Waals surface area contributed by atoms with Gasteiger partial charge in [-0.2, -0.15) is 9.97 Å². The summed E-state index contributed by atoms with van der Waals surface area (Å²) >= 11 is 1.17. The van der Waals surface area contributed by atoms with Crippen LogP contribution in [0.3, 0.4) is 0 Å². The molecule has 4 aromatic rings. The van der Waals surface area contributed by atoms with Gasteiger partial charge in [-0.25, -0.2) is 9.97 Å². The molecule has 1 amide bonds. The largest absolute Gasteiger partial charge is 0.586 e. The highest BCUT2D eigenvalue weighted by Gasteiger charge is 2.43. The second-order valence-corrected chi connectivity index (χ2v) is 7.33. The lowest BCUT2D eigenvalue weighted by molar-refractivity contribution is -0.286. The van der Waals surface area contributed by atoms with E-state index in [-0.39, 0.29) is 35.0 Å². The van der Waals surface area contributed by atoms with Crippen LogP contribution in [0, 0.1) is 0 Å². The second kappa shape index (κ2) is 7.70. The van der Waals surface area contributed by atoms with Gasteiger partial charge >= 0.3 is 12.3 Å². The Morgan fingerprint density at radius 1 is 1.09 bits per heavy atom. The van der Waals surface area contributed by atoms with E-state index in [1.54, 1.807) is 6.07 Å². The molecule has 0 spiro atoms. The number of ether oxygens (including phenoxy) is 4. The molecule has 1 aromatic carbocycles. The molecule has 0 saturated carbocycles. The maximum absolute atomic E-state index is 13.2. The number of imidazole rings is 1. The molecule has 12 nitrogen and oxygen atoms in total. The first-order valence-electron chi connectivity index (χ1n) is 9.12. The summed E-state index contributed by atoms with van der Waals surface area (Å²) in [5.74, 6) is -0.0806. The zero-order chi connectivity index (χ0) is 23.2. The van der Waals surface area contributed by atoms with Crippen LogP contribution in [0.5, 0.6) is 23.4 Å². The van der Waals surface area contributed by atoms with Gasteiger partial charge in [-0.05, 0) is 0 Å². The molecular formula is C18H13F2N7O5S. The number of hydrogen-bond donors (Lipinski definition) is 3. The highest BCUT2D eigenvalue weighted by Crippen LogP contribution is 2.43. The Bertz CT molecular complexity index is 1310. The first-order chi connectivity index (χ1) is 15.8. The minimum atomic E-state index is -3.73. The molecule has 0 aliphatic carbocycles. The van der Waals surface area contributed by atoms with Gasteiger partial charge in [0.2, 0.25) is 11.8 Å². The fourth-order valence-corrected chi connectivity index (χ4v) is 3.59. The smallest absolute Gasteiger partial charge is 0.481 e. The van der Waals surface area contributed by atoms with E-state index < -0.39 is 12.2 Å². The Morgan fingerprint density at radius 2 is 1.88 bits per heavy atom. The standard InChI is InChI=1S/C18H13F2N7O5S/c1-29-13-5-12(24-16(26-13)30-2)25-17-23-9(6-33-17)14(28)27-15-21-7-3-10-11(4-8(7)22-15)32-18(19,20)31-10/h3-6H,1-2H3,(H2,21,22,27,28)(H,23,24,25,26). The molecule has 33 heavy (non-hydrogen) atoms.